The number of rotatable bonds is 11. The fourth-order valence-corrected chi connectivity index (χ4v) is 3.28. The zero-order chi connectivity index (χ0) is 23.6. The number of ether oxygens (including phenoxy) is 2. The van der Waals surface area contributed by atoms with E-state index in [9.17, 15) is 4.79 Å². The standard InChI is InChI=1S/C25H29N5O3/c1-3-32-21-14-17(16-29-22-7-5-6-12-28-22)13-19(15-21)23(25(31)33-4-2)30-20-10-8-18(9-11-20)24(26)27/h5-15,23,30H,3-4,16H2,1-2H3,(H3,26,27)(H,28,29). The molecule has 0 spiro atoms. The van der Waals surface area contributed by atoms with Crippen LogP contribution in [0.25, 0.3) is 0 Å². The highest BCUT2D eigenvalue weighted by molar-refractivity contribution is 5.95. The van der Waals surface area contributed by atoms with Crippen LogP contribution in [0.2, 0.25) is 0 Å². The van der Waals surface area contributed by atoms with Crippen LogP contribution in [0.3, 0.4) is 0 Å². The number of carbonyl (C=O) groups excluding carboxylic acids is 1. The van der Waals surface area contributed by atoms with Crippen LogP contribution in [-0.2, 0) is 16.1 Å². The molecule has 0 bridgehead atoms. The Hall–Kier alpha value is -4.07. The van der Waals surface area contributed by atoms with E-state index in [1.54, 1.807) is 37.4 Å². The van der Waals surface area contributed by atoms with Crippen LogP contribution in [-0.4, -0.2) is 30.0 Å². The van der Waals surface area contributed by atoms with Crippen LogP contribution in [0.5, 0.6) is 5.75 Å². The predicted octanol–water partition coefficient (Wildman–Crippen LogP) is 4.09. The summed E-state index contributed by atoms with van der Waals surface area (Å²) < 4.78 is 11.1. The van der Waals surface area contributed by atoms with Gasteiger partial charge in [0.25, 0.3) is 0 Å². The summed E-state index contributed by atoms with van der Waals surface area (Å²) in [6.45, 7) is 4.96. The maximum Gasteiger partial charge on any atom is 0.333 e. The highest BCUT2D eigenvalue weighted by Crippen LogP contribution is 2.27. The van der Waals surface area contributed by atoms with Gasteiger partial charge in [-0.25, -0.2) is 9.78 Å². The molecule has 2 aromatic carbocycles. The van der Waals surface area contributed by atoms with Gasteiger partial charge in [-0.3, -0.25) is 5.41 Å². The van der Waals surface area contributed by atoms with Crippen molar-refractivity contribution in [1.82, 2.24) is 4.98 Å². The van der Waals surface area contributed by atoms with Crippen LogP contribution in [0, 0.1) is 5.41 Å². The van der Waals surface area contributed by atoms with Gasteiger partial charge < -0.3 is 25.8 Å². The van der Waals surface area contributed by atoms with Gasteiger partial charge in [-0.15, -0.1) is 0 Å². The number of pyridine rings is 1. The lowest BCUT2D eigenvalue weighted by atomic mass is 10.0. The fraction of sp³-hybridized carbons (Fsp3) is 0.240. The third kappa shape index (κ3) is 6.70. The number of aromatic nitrogens is 1. The first kappa shape index (κ1) is 23.6. The molecule has 5 N–H and O–H groups in total. The van der Waals surface area contributed by atoms with Crippen molar-refractivity contribution in [2.75, 3.05) is 23.8 Å². The number of carbonyl (C=O) groups is 1. The number of nitrogens with two attached hydrogens (primary N) is 1. The lowest BCUT2D eigenvalue weighted by Gasteiger charge is -2.21. The quantitative estimate of drug-likeness (QED) is 0.198. The number of nitrogen functional groups attached to an aromatic ring is 1. The summed E-state index contributed by atoms with van der Waals surface area (Å²) in [6.07, 6.45) is 1.72. The molecule has 1 unspecified atom stereocenters. The topological polar surface area (TPSA) is 122 Å². The number of esters is 1. The Bertz CT molecular complexity index is 1070. The van der Waals surface area contributed by atoms with E-state index in [-0.39, 0.29) is 12.4 Å². The molecule has 33 heavy (non-hydrogen) atoms. The first-order valence-electron chi connectivity index (χ1n) is 10.8. The monoisotopic (exact) mass is 447 g/mol. The van der Waals surface area contributed by atoms with E-state index in [0.717, 1.165) is 11.4 Å². The van der Waals surface area contributed by atoms with Crippen molar-refractivity contribution in [3.8, 4) is 5.75 Å². The second-order valence-electron chi connectivity index (χ2n) is 7.23. The van der Waals surface area contributed by atoms with Crippen molar-refractivity contribution in [3.05, 3.63) is 83.6 Å². The van der Waals surface area contributed by atoms with Crippen LogP contribution in [0.4, 0.5) is 11.5 Å². The fourth-order valence-electron chi connectivity index (χ4n) is 3.28. The Labute approximate surface area is 193 Å². The van der Waals surface area contributed by atoms with Crippen LogP contribution >= 0.6 is 0 Å². The van der Waals surface area contributed by atoms with E-state index in [2.05, 4.69) is 15.6 Å². The summed E-state index contributed by atoms with van der Waals surface area (Å²) in [4.78, 5) is 17.2. The number of amidine groups is 1. The molecule has 0 saturated carbocycles. The molecule has 8 nitrogen and oxygen atoms in total. The van der Waals surface area contributed by atoms with Gasteiger partial charge in [0.1, 0.15) is 17.4 Å². The molecule has 3 aromatic rings. The van der Waals surface area contributed by atoms with E-state index < -0.39 is 12.0 Å². The molecular formula is C25H29N5O3. The number of benzene rings is 2. The zero-order valence-corrected chi connectivity index (χ0v) is 18.8. The van der Waals surface area contributed by atoms with Crippen LogP contribution in [0.15, 0.2) is 66.9 Å². The Balaban J connectivity index is 1.90. The first-order valence-corrected chi connectivity index (χ1v) is 10.8. The average molecular weight is 448 g/mol. The number of nitrogens with zero attached hydrogens (tertiary/aromatic N) is 1. The first-order chi connectivity index (χ1) is 16.0. The molecule has 0 fully saturated rings. The van der Waals surface area contributed by atoms with E-state index >= 15 is 0 Å². The Morgan fingerprint density at radius 3 is 2.52 bits per heavy atom. The highest BCUT2D eigenvalue weighted by Gasteiger charge is 2.23. The number of anilines is 2. The molecule has 0 aliphatic carbocycles. The van der Waals surface area contributed by atoms with Gasteiger partial charge in [0.05, 0.1) is 13.2 Å². The highest BCUT2D eigenvalue weighted by atomic mass is 16.5. The van der Waals surface area contributed by atoms with Crippen LogP contribution in [0.1, 0.15) is 36.6 Å². The maximum absolute atomic E-state index is 12.9. The maximum atomic E-state index is 12.9. The van der Waals surface area contributed by atoms with Gasteiger partial charge in [0, 0.05) is 24.0 Å². The van der Waals surface area contributed by atoms with Gasteiger partial charge >= 0.3 is 5.97 Å². The number of hydrogen-bond acceptors (Lipinski definition) is 7. The Morgan fingerprint density at radius 2 is 1.88 bits per heavy atom. The minimum absolute atomic E-state index is 0.0158. The molecule has 0 aliphatic heterocycles. The smallest absolute Gasteiger partial charge is 0.333 e. The number of nitrogens with one attached hydrogen (secondary N) is 3. The zero-order valence-electron chi connectivity index (χ0n) is 18.8. The van der Waals surface area contributed by atoms with Crippen molar-refractivity contribution >= 4 is 23.3 Å². The van der Waals surface area contributed by atoms with Gasteiger partial charge in [-0.1, -0.05) is 12.1 Å². The molecule has 1 aromatic heterocycles. The molecule has 0 aliphatic rings. The second-order valence-corrected chi connectivity index (χ2v) is 7.23. The van der Waals surface area contributed by atoms with Crippen molar-refractivity contribution in [1.29, 1.82) is 5.41 Å². The molecule has 0 amide bonds. The number of hydrogen-bond donors (Lipinski definition) is 4. The van der Waals surface area contributed by atoms with Crippen molar-refractivity contribution in [3.63, 3.8) is 0 Å². The summed E-state index contributed by atoms with van der Waals surface area (Å²) in [5, 5.41) is 14.1. The van der Waals surface area contributed by atoms with Crippen LogP contribution < -0.4 is 21.1 Å². The van der Waals surface area contributed by atoms with Gasteiger partial charge in [-0.05, 0) is 73.5 Å². The van der Waals surface area contributed by atoms with Crippen molar-refractivity contribution < 1.29 is 14.3 Å². The Morgan fingerprint density at radius 1 is 1.09 bits per heavy atom. The SMILES string of the molecule is CCOC(=O)C(Nc1ccc(C(=N)N)cc1)c1cc(CNc2ccccn2)cc(OCC)c1. The normalized spacial score (nSPS) is 11.3. The van der Waals surface area contributed by atoms with E-state index in [1.165, 1.54) is 0 Å². The minimum Gasteiger partial charge on any atom is -0.494 e. The molecule has 1 atom stereocenters. The molecular weight excluding hydrogens is 418 g/mol. The molecule has 3 rings (SSSR count). The molecule has 0 saturated heterocycles. The minimum atomic E-state index is -0.748. The molecule has 172 valence electrons. The van der Waals surface area contributed by atoms with E-state index in [0.29, 0.717) is 35.7 Å². The van der Waals surface area contributed by atoms with Crippen molar-refractivity contribution in [2.24, 2.45) is 5.73 Å². The van der Waals surface area contributed by atoms with Gasteiger partial charge in [-0.2, -0.15) is 0 Å². The van der Waals surface area contributed by atoms with Gasteiger partial charge in [0.15, 0.2) is 6.04 Å². The summed E-state index contributed by atoms with van der Waals surface area (Å²) in [5.41, 5.74) is 8.50. The third-order valence-corrected chi connectivity index (χ3v) is 4.80. The third-order valence-electron chi connectivity index (χ3n) is 4.80. The van der Waals surface area contributed by atoms with E-state index in [4.69, 9.17) is 20.6 Å². The largest absolute Gasteiger partial charge is 0.494 e. The predicted molar refractivity (Wildman–Crippen MR) is 130 cm³/mol. The summed E-state index contributed by atoms with van der Waals surface area (Å²) in [5.74, 6) is 1.01. The van der Waals surface area contributed by atoms with Crippen molar-refractivity contribution in [2.45, 2.75) is 26.4 Å². The molecule has 1 heterocycles. The van der Waals surface area contributed by atoms with Gasteiger partial charge in [0.2, 0.25) is 0 Å². The summed E-state index contributed by atoms with van der Waals surface area (Å²) >= 11 is 0. The average Bonchev–Trinajstić information content (AvgIpc) is 2.82. The Kier molecular flexibility index (Phi) is 8.24. The van der Waals surface area contributed by atoms with E-state index in [1.807, 2.05) is 43.3 Å². The summed E-state index contributed by atoms with van der Waals surface area (Å²) in [6, 6.07) is 17.6. The summed E-state index contributed by atoms with van der Waals surface area (Å²) in [7, 11) is 0. The molecule has 0 radical (unpaired) electrons. The second kappa shape index (κ2) is 11.5. The lowest BCUT2D eigenvalue weighted by Crippen LogP contribution is -2.24. The lowest BCUT2D eigenvalue weighted by molar-refractivity contribution is -0.144. The molecule has 8 heteroatoms.